The zero-order valence-electron chi connectivity index (χ0n) is 16.0. The number of nitrogens with one attached hydrogen (secondary N) is 1. The van der Waals surface area contributed by atoms with E-state index in [-0.39, 0.29) is 17.9 Å². The number of carbonyl (C=O) groups is 2. The first-order valence-electron chi connectivity index (χ1n) is 8.86. The molecule has 0 spiro atoms. The quantitative estimate of drug-likeness (QED) is 0.707. The third-order valence-corrected chi connectivity index (χ3v) is 4.10. The summed E-state index contributed by atoms with van der Waals surface area (Å²) < 4.78 is 1.67. The molecule has 1 aromatic carbocycles. The van der Waals surface area contributed by atoms with Crippen molar-refractivity contribution in [2.75, 3.05) is 14.1 Å². The molecule has 0 unspecified atom stereocenters. The van der Waals surface area contributed by atoms with E-state index >= 15 is 0 Å². The second-order valence-electron chi connectivity index (χ2n) is 6.68. The van der Waals surface area contributed by atoms with Crippen LogP contribution in [0.25, 0.3) is 11.3 Å². The van der Waals surface area contributed by atoms with Gasteiger partial charge in [0.05, 0.1) is 12.2 Å². The second kappa shape index (κ2) is 8.43. The summed E-state index contributed by atoms with van der Waals surface area (Å²) in [5, 5.41) is 6.99. The van der Waals surface area contributed by atoms with Crippen LogP contribution in [0.15, 0.2) is 55.1 Å². The molecule has 0 saturated carbocycles. The maximum absolute atomic E-state index is 12.6. The number of rotatable bonds is 6. The van der Waals surface area contributed by atoms with Crippen molar-refractivity contribution in [2.45, 2.75) is 19.5 Å². The third-order valence-electron chi connectivity index (χ3n) is 4.10. The van der Waals surface area contributed by atoms with Crippen LogP contribution in [0, 0.1) is 0 Å². The monoisotopic (exact) mass is 378 g/mol. The summed E-state index contributed by atoms with van der Waals surface area (Å²) in [5.41, 5.74) is 2.29. The van der Waals surface area contributed by atoms with Crippen molar-refractivity contribution in [3.8, 4) is 11.3 Å². The Labute approximate surface area is 163 Å². The smallest absolute Gasteiger partial charge is 0.271 e. The lowest BCUT2D eigenvalue weighted by Crippen LogP contribution is -2.35. The van der Waals surface area contributed by atoms with E-state index in [1.165, 1.54) is 11.2 Å². The van der Waals surface area contributed by atoms with Gasteiger partial charge in [-0.1, -0.05) is 18.2 Å². The van der Waals surface area contributed by atoms with Crippen molar-refractivity contribution < 1.29 is 9.59 Å². The predicted octanol–water partition coefficient (Wildman–Crippen LogP) is 1.86. The molecule has 2 amide bonds. The van der Waals surface area contributed by atoms with Crippen LogP contribution in [0.3, 0.4) is 0 Å². The Hall–Kier alpha value is -3.55. The molecule has 144 valence electrons. The first kappa shape index (κ1) is 19.2. The molecular formula is C20H22N6O2. The minimum Gasteiger partial charge on any atom is -0.348 e. The van der Waals surface area contributed by atoms with Gasteiger partial charge in [0.25, 0.3) is 11.8 Å². The van der Waals surface area contributed by atoms with Crippen LogP contribution < -0.4 is 5.32 Å². The van der Waals surface area contributed by atoms with Crippen molar-refractivity contribution in [3.05, 3.63) is 66.4 Å². The van der Waals surface area contributed by atoms with E-state index in [0.29, 0.717) is 23.5 Å². The minimum atomic E-state index is -0.185. The summed E-state index contributed by atoms with van der Waals surface area (Å²) in [4.78, 5) is 34.5. The zero-order valence-corrected chi connectivity index (χ0v) is 16.0. The van der Waals surface area contributed by atoms with Crippen LogP contribution in [0.5, 0.6) is 0 Å². The van der Waals surface area contributed by atoms with Crippen LogP contribution in [0.4, 0.5) is 0 Å². The summed E-state index contributed by atoms with van der Waals surface area (Å²) in [6.07, 6.45) is 3.07. The molecule has 3 rings (SSSR count). The normalized spacial score (nSPS) is 11.7. The first-order valence-corrected chi connectivity index (χ1v) is 8.86. The summed E-state index contributed by atoms with van der Waals surface area (Å²) in [7, 11) is 3.37. The number of benzene rings is 1. The third kappa shape index (κ3) is 4.59. The molecule has 0 radical (unpaired) electrons. The molecule has 2 heterocycles. The van der Waals surface area contributed by atoms with Crippen LogP contribution in [0.1, 0.15) is 27.8 Å². The summed E-state index contributed by atoms with van der Waals surface area (Å²) in [5.74, 6) is -0.354. The maximum Gasteiger partial charge on any atom is 0.271 e. The molecule has 0 aliphatic carbocycles. The highest BCUT2D eigenvalue weighted by molar-refractivity contribution is 5.96. The number of aromatic nitrogens is 4. The van der Waals surface area contributed by atoms with Crippen molar-refractivity contribution >= 4 is 11.8 Å². The predicted molar refractivity (Wildman–Crippen MR) is 105 cm³/mol. The molecule has 28 heavy (non-hydrogen) atoms. The SMILES string of the molecule is C[C@H](Cn1cncn1)NC(=O)c1cccc(-c2cccc(C(=O)N(C)C)n2)c1. The summed E-state index contributed by atoms with van der Waals surface area (Å²) in [6.45, 7) is 2.43. The lowest BCUT2D eigenvalue weighted by molar-refractivity contribution is 0.0821. The molecule has 0 bridgehead atoms. The fourth-order valence-corrected chi connectivity index (χ4v) is 2.72. The molecule has 3 aromatic rings. The van der Waals surface area contributed by atoms with E-state index in [2.05, 4.69) is 20.4 Å². The van der Waals surface area contributed by atoms with Gasteiger partial charge in [-0.25, -0.2) is 9.97 Å². The van der Waals surface area contributed by atoms with Crippen molar-refractivity contribution in [3.63, 3.8) is 0 Å². The molecule has 1 atom stereocenters. The molecule has 1 N–H and O–H groups in total. The van der Waals surface area contributed by atoms with Crippen LogP contribution in [0.2, 0.25) is 0 Å². The Balaban J connectivity index is 1.76. The molecule has 0 fully saturated rings. The molecule has 0 saturated heterocycles. The Morgan fingerprint density at radius 3 is 2.68 bits per heavy atom. The van der Waals surface area contributed by atoms with Crippen molar-refractivity contribution in [1.82, 2.24) is 30.0 Å². The maximum atomic E-state index is 12.6. The largest absolute Gasteiger partial charge is 0.348 e. The highest BCUT2D eigenvalue weighted by Gasteiger charge is 2.14. The van der Waals surface area contributed by atoms with E-state index in [4.69, 9.17) is 0 Å². The van der Waals surface area contributed by atoms with Gasteiger partial charge in [0, 0.05) is 31.3 Å². The summed E-state index contributed by atoms with van der Waals surface area (Å²) in [6, 6.07) is 12.3. The molecule has 0 aliphatic rings. The zero-order chi connectivity index (χ0) is 20.1. The highest BCUT2D eigenvalue weighted by Crippen LogP contribution is 2.19. The second-order valence-corrected chi connectivity index (χ2v) is 6.68. The van der Waals surface area contributed by atoms with Gasteiger partial charge in [0.1, 0.15) is 18.3 Å². The van der Waals surface area contributed by atoms with E-state index in [0.717, 1.165) is 5.56 Å². The van der Waals surface area contributed by atoms with E-state index < -0.39 is 0 Å². The fourth-order valence-electron chi connectivity index (χ4n) is 2.72. The van der Waals surface area contributed by atoms with E-state index in [9.17, 15) is 9.59 Å². The fraction of sp³-hybridized carbons (Fsp3) is 0.250. The number of carbonyl (C=O) groups excluding carboxylic acids is 2. The lowest BCUT2D eigenvalue weighted by Gasteiger charge is -2.14. The van der Waals surface area contributed by atoms with Crippen molar-refractivity contribution in [2.24, 2.45) is 0 Å². The molecule has 8 heteroatoms. The molecule has 0 aliphatic heterocycles. The average Bonchev–Trinajstić information content (AvgIpc) is 3.20. The number of nitrogens with zero attached hydrogens (tertiary/aromatic N) is 5. The topological polar surface area (TPSA) is 93.0 Å². The number of amides is 2. The Morgan fingerprint density at radius 2 is 1.96 bits per heavy atom. The number of hydrogen-bond donors (Lipinski definition) is 1. The van der Waals surface area contributed by atoms with Crippen molar-refractivity contribution in [1.29, 1.82) is 0 Å². The summed E-state index contributed by atoms with van der Waals surface area (Å²) >= 11 is 0. The molecule has 8 nitrogen and oxygen atoms in total. The van der Waals surface area contributed by atoms with Gasteiger partial charge in [0.2, 0.25) is 0 Å². The molecule has 2 aromatic heterocycles. The van der Waals surface area contributed by atoms with Gasteiger partial charge in [-0.2, -0.15) is 5.10 Å². The Bertz CT molecular complexity index is 968. The molecular weight excluding hydrogens is 356 g/mol. The Morgan fingerprint density at radius 1 is 1.18 bits per heavy atom. The van der Waals surface area contributed by atoms with Crippen LogP contribution in [-0.2, 0) is 6.54 Å². The van der Waals surface area contributed by atoms with Gasteiger partial charge >= 0.3 is 0 Å². The number of hydrogen-bond acceptors (Lipinski definition) is 5. The first-order chi connectivity index (χ1) is 13.4. The van der Waals surface area contributed by atoms with Gasteiger partial charge in [-0.05, 0) is 31.2 Å². The number of pyridine rings is 1. The van der Waals surface area contributed by atoms with Gasteiger partial charge in [0.15, 0.2) is 0 Å². The lowest BCUT2D eigenvalue weighted by atomic mass is 10.1. The van der Waals surface area contributed by atoms with Gasteiger partial charge in [-0.3, -0.25) is 14.3 Å². The van der Waals surface area contributed by atoms with Gasteiger partial charge < -0.3 is 10.2 Å². The Kier molecular flexibility index (Phi) is 5.78. The standard InChI is InChI=1S/C20H22N6O2/c1-14(11-26-13-21-12-22-26)23-19(27)16-7-4-6-15(10-16)17-8-5-9-18(24-17)20(28)25(2)3/h4-10,12-14H,11H2,1-3H3,(H,23,27)/t14-/m1/s1. The highest BCUT2D eigenvalue weighted by atomic mass is 16.2. The van der Waals surface area contributed by atoms with Crippen LogP contribution in [-0.4, -0.2) is 56.6 Å². The van der Waals surface area contributed by atoms with E-state index in [1.54, 1.807) is 55.4 Å². The minimum absolute atomic E-state index is 0.114. The average molecular weight is 378 g/mol. The van der Waals surface area contributed by atoms with Crippen LogP contribution >= 0.6 is 0 Å². The van der Waals surface area contributed by atoms with Gasteiger partial charge in [-0.15, -0.1) is 0 Å². The van der Waals surface area contributed by atoms with E-state index in [1.807, 2.05) is 19.1 Å².